The van der Waals surface area contributed by atoms with Gasteiger partial charge < -0.3 is 17.6 Å². The standard InChI is InChI=1S/C48H24N4S2/c1-3-15-33-25(11-1)29-23-31-27-13-9-21-39-41(27)51(35-17-5-7-19-37(35)53-39)45(31)47-43(29)49(33)48-44-30(26-12-2-4-16-34(26)50(44)47)24-32-28-14-10-22-40-42(28)52(46(32)48)36-18-6-8-20-38(36)54-40/h1-24H. The molecule has 0 unspecified atom stereocenters. The summed E-state index contributed by atoms with van der Waals surface area (Å²) in [4.78, 5) is 0. The van der Waals surface area contributed by atoms with Crippen molar-refractivity contribution >= 4 is 151 Å². The summed E-state index contributed by atoms with van der Waals surface area (Å²) in [6, 6.07) is 54.8. The Kier molecular flexibility index (Phi) is 4.48. The van der Waals surface area contributed by atoms with Crippen LogP contribution in [0.2, 0.25) is 0 Å². The molecule has 8 aromatic carbocycles. The van der Waals surface area contributed by atoms with Gasteiger partial charge in [-0.25, -0.2) is 0 Å². The highest BCUT2D eigenvalue weighted by Crippen LogP contribution is 2.50. The Hall–Kier alpha value is -6.60. The minimum absolute atomic E-state index is 1.24. The molecule has 0 aliphatic carbocycles. The third-order valence-corrected chi connectivity index (χ3v) is 14.6. The van der Waals surface area contributed by atoms with E-state index in [1.807, 2.05) is 22.7 Å². The summed E-state index contributed by atoms with van der Waals surface area (Å²) in [7, 11) is 0. The maximum atomic E-state index is 2.64. The van der Waals surface area contributed by atoms with Crippen LogP contribution in [0.5, 0.6) is 0 Å². The lowest BCUT2D eigenvalue weighted by molar-refractivity contribution is 1.24. The molecule has 0 amide bonds. The van der Waals surface area contributed by atoms with Gasteiger partial charge in [0.25, 0.3) is 0 Å². The van der Waals surface area contributed by atoms with Crippen molar-refractivity contribution < 1.29 is 0 Å². The molecule has 6 heteroatoms. The van der Waals surface area contributed by atoms with Crippen molar-refractivity contribution in [1.82, 2.24) is 17.6 Å². The van der Waals surface area contributed by atoms with E-state index in [0.29, 0.717) is 0 Å². The van der Waals surface area contributed by atoms with Gasteiger partial charge in [0.05, 0.1) is 85.0 Å². The molecule has 4 nitrogen and oxygen atoms in total. The van der Waals surface area contributed by atoms with E-state index in [1.165, 1.54) is 128 Å². The Balaban J connectivity index is 1.39. The van der Waals surface area contributed by atoms with Crippen LogP contribution in [0, 0.1) is 0 Å². The van der Waals surface area contributed by atoms with Gasteiger partial charge in [-0.2, -0.15) is 0 Å². The number of hydrogen-bond donors (Lipinski definition) is 0. The fraction of sp³-hybridized carbons (Fsp3) is 0. The second-order valence-corrected chi connectivity index (χ2v) is 17.0. The van der Waals surface area contributed by atoms with Gasteiger partial charge in [0.15, 0.2) is 0 Å². The summed E-state index contributed by atoms with van der Waals surface area (Å²) in [6.45, 7) is 0. The van der Waals surface area contributed by atoms with Gasteiger partial charge in [0, 0.05) is 43.1 Å². The Labute approximate surface area is 312 Å². The minimum atomic E-state index is 1.24. The molecule has 15 rings (SSSR count). The minimum Gasteiger partial charge on any atom is -0.304 e. The summed E-state index contributed by atoms with van der Waals surface area (Å²) in [5.41, 5.74) is 15.1. The SMILES string of the molecule is c1ccc2c(c1)sc1cccc3c4cc5c6ccccc6n6c5c(c4n2c13)n1c2ccccc2c2cc3c4cccc5sc7ccccc7n(c54)c3c6c21. The molecular weight excluding hydrogens is 697 g/mol. The first-order valence-corrected chi connectivity index (χ1v) is 20.1. The fourth-order valence-electron chi connectivity index (χ4n) is 10.4. The van der Waals surface area contributed by atoms with Crippen LogP contribution in [0.1, 0.15) is 0 Å². The Morgan fingerprint density at radius 2 is 0.574 bits per heavy atom. The molecular formula is C48H24N4S2. The smallest absolute Gasteiger partial charge is 0.0960 e. The summed E-state index contributed by atoms with van der Waals surface area (Å²) in [5, 5.41) is 10.3. The first-order chi connectivity index (χ1) is 26.8. The van der Waals surface area contributed by atoms with Crippen molar-refractivity contribution in [1.29, 1.82) is 0 Å². The van der Waals surface area contributed by atoms with Gasteiger partial charge >= 0.3 is 0 Å². The van der Waals surface area contributed by atoms with Gasteiger partial charge in [-0.15, -0.1) is 22.7 Å². The van der Waals surface area contributed by atoms with E-state index in [9.17, 15) is 0 Å². The third kappa shape index (κ3) is 2.84. The zero-order chi connectivity index (χ0) is 34.6. The normalized spacial score (nSPS) is 13.2. The summed E-state index contributed by atoms with van der Waals surface area (Å²) in [6.07, 6.45) is 0. The number of hydrogen-bond acceptors (Lipinski definition) is 2. The molecule has 0 N–H and O–H groups in total. The monoisotopic (exact) mass is 720 g/mol. The molecule has 54 heavy (non-hydrogen) atoms. The largest absolute Gasteiger partial charge is 0.304 e. The van der Waals surface area contributed by atoms with E-state index >= 15 is 0 Å². The number of benzene rings is 8. The van der Waals surface area contributed by atoms with Crippen molar-refractivity contribution in [3.8, 4) is 0 Å². The quantitative estimate of drug-likeness (QED) is 0.139. The van der Waals surface area contributed by atoms with E-state index in [1.54, 1.807) is 0 Å². The molecule has 0 bridgehead atoms. The van der Waals surface area contributed by atoms with E-state index < -0.39 is 0 Å². The van der Waals surface area contributed by atoms with E-state index in [4.69, 9.17) is 0 Å². The molecule has 0 atom stereocenters. The maximum absolute atomic E-state index is 2.64. The topological polar surface area (TPSA) is 17.6 Å². The molecule has 0 saturated heterocycles. The molecule has 248 valence electrons. The molecule has 0 saturated carbocycles. The van der Waals surface area contributed by atoms with Crippen LogP contribution in [0.25, 0.3) is 128 Å². The van der Waals surface area contributed by atoms with E-state index in [-0.39, 0.29) is 0 Å². The van der Waals surface area contributed by atoms with Crippen LogP contribution in [0.15, 0.2) is 146 Å². The summed E-state index contributed by atoms with van der Waals surface area (Å²) in [5.74, 6) is 0. The van der Waals surface area contributed by atoms with Crippen LogP contribution >= 0.6 is 22.7 Å². The first-order valence-electron chi connectivity index (χ1n) is 18.5. The number of para-hydroxylation sites is 6. The summed E-state index contributed by atoms with van der Waals surface area (Å²) < 4.78 is 15.6. The number of rotatable bonds is 0. The second kappa shape index (κ2) is 8.95. The van der Waals surface area contributed by atoms with Crippen LogP contribution < -0.4 is 0 Å². The second-order valence-electron chi connectivity index (χ2n) is 14.9. The number of fused-ring (bicyclic) bond motifs is 20. The molecule has 15 aromatic rings. The van der Waals surface area contributed by atoms with Gasteiger partial charge in [0.2, 0.25) is 0 Å². The van der Waals surface area contributed by atoms with Gasteiger partial charge in [0.1, 0.15) is 0 Å². The molecule has 0 aliphatic heterocycles. The van der Waals surface area contributed by atoms with Crippen LogP contribution in [-0.2, 0) is 0 Å². The maximum Gasteiger partial charge on any atom is 0.0960 e. The van der Waals surface area contributed by atoms with Gasteiger partial charge in [-0.05, 0) is 60.7 Å². The molecule has 7 heterocycles. The summed E-state index contributed by atoms with van der Waals surface area (Å²) >= 11 is 3.78. The molecule has 0 spiro atoms. The first kappa shape index (κ1) is 27.1. The van der Waals surface area contributed by atoms with Crippen molar-refractivity contribution in [2.45, 2.75) is 0 Å². The average molecular weight is 721 g/mol. The zero-order valence-corrected chi connectivity index (χ0v) is 30.1. The lowest BCUT2D eigenvalue weighted by Gasteiger charge is -2.16. The van der Waals surface area contributed by atoms with E-state index in [2.05, 4.69) is 163 Å². The Bertz CT molecular complexity index is 3920. The predicted octanol–water partition coefficient (Wildman–Crippen LogP) is 13.8. The van der Waals surface area contributed by atoms with Gasteiger partial charge in [-0.3, -0.25) is 0 Å². The van der Waals surface area contributed by atoms with Crippen molar-refractivity contribution in [3.05, 3.63) is 146 Å². The van der Waals surface area contributed by atoms with Gasteiger partial charge in [-0.1, -0.05) is 84.9 Å². The van der Waals surface area contributed by atoms with Crippen molar-refractivity contribution in [3.63, 3.8) is 0 Å². The molecule has 0 aliphatic rings. The average Bonchev–Trinajstić information content (AvgIpc) is 3.95. The molecule has 0 fully saturated rings. The highest BCUT2D eigenvalue weighted by molar-refractivity contribution is 7.25. The van der Waals surface area contributed by atoms with Crippen molar-refractivity contribution in [2.75, 3.05) is 0 Å². The lowest BCUT2D eigenvalue weighted by Crippen LogP contribution is -2.01. The number of nitrogens with zero attached hydrogens (tertiary/aromatic N) is 4. The Morgan fingerprint density at radius 1 is 0.241 bits per heavy atom. The lowest BCUT2D eigenvalue weighted by atomic mass is 10.1. The van der Waals surface area contributed by atoms with E-state index in [0.717, 1.165) is 0 Å². The molecule has 7 aromatic heterocycles. The van der Waals surface area contributed by atoms with Crippen molar-refractivity contribution in [2.24, 2.45) is 0 Å². The third-order valence-electron chi connectivity index (χ3n) is 12.4. The highest BCUT2D eigenvalue weighted by atomic mass is 32.1. The van der Waals surface area contributed by atoms with Crippen LogP contribution in [0.3, 0.4) is 0 Å². The predicted molar refractivity (Wildman–Crippen MR) is 232 cm³/mol. The fourth-order valence-corrected chi connectivity index (χ4v) is 12.6. The Morgan fingerprint density at radius 3 is 1.04 bits per heavy atom. The number of aromatic nitrogens is 4. The highest BCUT2D eigenvalue weighted by Gasteiger charge is 2.29. The molecule has 0 radical (unpaired) electrons. The van der Waals surface area contributed by atoms with Crippen LogP contribution in [-0.4, -0.2) is 17.6 Å². The zero-order valence-electron chi connectivity index (χ0n) is 28.5. The van der Waals surface area contributed by atoms with Crippen LogP contribution in [0.4, 0.5) is 0 Å².